The summed E-state index contributed by atoms with van der Waals surface area (Å²) in [5, 5.41) is 11.9. The number of nitrogens with one attached hydrogen (secondary N) is 1. The lowest BCUT2D eigenvalue weighted by Gasteiger charge is -2.29. The lowest BCUT2D eigenvalue weighted by molar-refractivity contribution is -0.148. The quantitative estimate of drug-likeness (QED) is 0.790. The third-order valence-electron chi connectivity index (χ3n) is 3.37. The SMILES string of the molecule is CC(NC1CCC(=O)N(C)C1=O)c1ccc(C(=O)O)o1. The van der Waals surface area contributed by atoms with Gasteiger partial charge in [-0.2, -0.15) is 0 Å². The number of imide groups is 1. The highest BCUT2D eigenvalue weighted by Gasteiger charge is 2.32. The van der Waals surface area contributed by atoms with Gasteiger partial charge >= 0.3 is 5.97 Å². The number of aromatic carboxylic acids is 1. The van der Waals surface area contributed by atoms with Crippen molar-refractivity contribution in [3.63, 3.8) is 0 Å². The fraction of sp³-hybridized carbons (Fsp3) is 0.462. The van der Waals surface area contributed by atoms with Crippen LogP contribution in [0, 0.1) is 0 Å². The average molecular weight is 280 g/mol. The van der Waals surface area contributed by atoms with E-state index >= 15 is 0 Å². The second kappa shape index (κ2) is 5.46. The van der Waals surface area contributed by atoms with E-state index in [1.807, 2.05) is 0 Å². The minimum absolute atomic E-state index is 0.143. The molecule has 2 heterocycles. The summed E-state index contributed by atoms with van der Waals surface area (Å²) in [6, 6.07) is 2.14. The number of carbonyl (C=O) groups excluding carboxylic acids is 2. The Balaban J connectivity index is 2.03. The molecule has 1 aromatic rings. The van der Waals surface area contributed by atoms with Gasteiger partial charge in [0.25, 0.3) is 0 Å². The highest BCUT2D eigenvalue weighted by Crippen LogP contribution is 2.20. The van der Waals surface area contributed by atoms with Crippen molar-refractivity contribution in [2.24, 2.45) is 0 Å². The van der Waals surface area contributed by atoms with Gasteiger partial charge < -0.3 is 9.52 Å². The molecule has 2 rings (SSSR count). The maximum atomic E-state index is 11.9. The third-order valence-corrected chi connectivity index (χ3v) is 3.37. The van der Waals surface area contributed by atoms with Gasteiger partial charge in [0.15, 0.2) is 0 Å². The number of piperidine rings is 1. The molecular formula is C13H16N2O5. The summed E-state index contributed by atoms with van der Waals surface area (Å²) in [5.74, 6) is -1.31. The van der Waals surface area contributed by atoms with E-state index < -0.39 is 12.0 Å². The number of likely N-dealkylation sites (N-methyl/N-ethyl adjacent to an activating group) is 1. The highest BCUT2D eigenvalue weighted by molar-refractivity contribution is 6.00. The van der Waals surface area contributed by atoms with Crippen LogP contribution in [0.25, 0.3) is 0 Å². The number of carbonyl (C=O) groups is 3. The van der Waals surface area contributed by atoms with Gasteiger partial charge in [0.1, 0.15) is 5.76 Å². The van der Waals surface area contributed by atoms with Crippen molar-refractivity contribution in [3.8, 4) is 0 Å². The molecule has 2 N–H and O–H groups in total. The molecule has 0 aliphatic carbocycles. The fourth-order valence-corrected chi connectivity index (χ4v) is 2.15. The van der Waals surface area contributed by atoms with Gasteiger partial charge in [0, 0.05) is 13.5 Å². The zero-order chi connectivity index (χ0) is 14.9. The number of hydrogen-bond donors (Lipinski definition) is 2. The van der Waals surface area contributed by atoms with E-state index in [-0.39, 0.29) is 23.6 Å². The van der Waals surface area contributed by atoms with E-state index in [1.165, 1.54) is 13.1 Å². The summed E-state index contributed by atoms with van der Waals surface area (Å²) in [6.45, 7) is 1.77. The Hall–Kier alpha value is -2.15. The summed E-state index contributed by atoms with van der Waals surface area (Å²) in [5.41, 5.74) is 0. The molecular weight excluding hydrogens is 264 g/mol. The monoisotopic (exact) mass is 280 g/mol. The minimum atomic E-state index is -1.14. The van der Waals surface area contributed by atoms with Gasteiger partial charge in [0.2, 0.25) is 17.6 Å². The number of furan rings is 1. The van der Waals surface area contributed by atoms with E-state index in [1.54, 1.807) is 13.0 Å². The zero-order valence-electron chi connectivity index (χ0n) is 11.3. The molecule has 1 saturated heterocycles. The molecule has 20 heavy (non-hydrogen) atoms. The summed E-state index contributed by atoms with van der Waals surface area (Å²) in [7, 11) is 1.46. The maximum Gasteiger partial charge on any atom is 0.371 e. The smallest absolute Gasteiger partial charge is 0.371 e. The van der Waals surface area contributed by atoms with Gasteiger partial charge in [-0.05, 0) is 25.5 Å². The fourth-order valence-electron chi connectivity index (χ4n) is 2.15. The maximum absolute atomic E-state index is 11.9. The first-order chi connectivity index (χ1) is 9.40. The Morgan fingerprint density at radius 3 is 2.80 bits per heavy atom. The topological polar surface area (TPSA) is 99.9 Å². The van der Waals surface area contributed by atoms with E-state index in [9.17, 15) is 14.4 Å². The van der Waals surface area contributed by atoms with Crippen molar-refractivity contribution >= 4 is 17.8 Å². The molecule has 0 spiro atoms. The zero-order valence-corrected chi connectivity index (χ0v) is 11.3. The lowest BCUT2D eigenvalue weighted by atomic mass is 10.0. The Bertz CT molecular complexity index is 551. The lowest BCUT2D eigenvalue weighted by Crippen LogP contribution is -2.51. The number of amides is 2. The van der Waals surface area contributed by atoms with Gasteiger partial charge in [-0.25, -0.2) is 4.79 Å². The first-order valence-corrected chi connectivity index (χ1v) is 6.29. The van der Waals surface area contributed by atoms with Crippen molar-refractivity contribution in [3.05, 3.63) is 23.7 Å². The predicted molar refractivity (Wildman–Crippen MR) is 68.0 cm³/mol. The number of likely N-dealkylation sites (tertiary alicyclic amines) is 1. The standard InChI is InChI=1S/C13H16N2O5/c1-7(9-4-5-10(20-9)13(18)19)14-8-3-6-11(16)15(2)12(8)17/h4-5,7-8,14H,3,6H2,1-2H3,(H,18,19). The van der Waals surface area contributed by atoms with Crippen molar-refractivity contribution in [2.75, 3.05) is 7.05 Å². The van der Waals surface area contributed by atoms with Crippen LogP contribution >= 0.6 is 0 Å². The Kier molecular flexibility index (Phi) is 3.89. The molecule has 1 aliphatic heterocycles. The van der Waals surface area contributed by atoms with Gasteiger partial charge in [-0.3, -0.25) is 19.8 Å². The molecule has 108 valence electrons. The number of nitrogens with zero attached hydrogens (tertiary/aromatic N) is 1. The molecule has 2 amide bonds. The molecule has 7 nitrogen and oxygen atoms in total. The molecule has 1 fully saturated rings. The van der Waals surface area contributed by atoms with E-state index in [0.29, 0.717) is 18.6 Å². The van der Waals surface area contributed by atoms with Gasteiger partial charge in [-0.15, -0.1) is 0 Å². The molecule has 7 heteroatoms. The predicted octanol–water partition coefficient (Wildman–Crippen LogP) is 0.776. The van der Waals surface area contributed by atoms with Crippen molar-refractivity contribution in [1.29, 1.82) is 0 Å². The van der Waals surface area contributed by atoms with Crippen LogP contribution in [0.1, 0.15) is 42.1 Å². The number of rotatable bonds is 4. The van der Waals surface area contributed by atoms with Crippen LogP contribution in [-0.2, 0) is 9.59 Å². The van der Waals surface area contributed by atoms with E-state index in [2.05, 4.69) is 5.32 Å². The second-order valence-corrected chi connectivity index (χ2v) is 4.78. The first-order valence-electron chi connectivity index (χ1n) is 6.29. The Labute approximate surface area is 115 Å². The molecule has 0 saturated carbocycles. The highest BCUT2D eigenvalue weighted by atomic mass is 16.4. The summed E-state index contributed by atoms with van der Waals surface area (Å²) in [4.78, 5) is 35.2. The molecule has 0 aromatic carbocycles. The summed E-state index contributed by atoms with van der Waals surface area (Å²) < 4.78 is 5.18. The van der Waals surface area contributed by atoms with Crippen molar-refractivity contribution in [1.82, 2.24) is 10.2 Å². The average Bonchev–Trinajstić information content (AvgIpc) is 2.89. The van der Waals surface area contributed by atoms with Crippen LogP contribution in [-0.4, -0.2) is 40.9 Å². The van der Waals surface area contributed by atoms with Crippen LogP contribution in [0.3, 0.4) is 0 Å². The molecule has 2 atom stereocenters. The van der Waals surface area contributed by atoms with Crippen LogP contribution in [0.4, 0.5) is 0 Å². The Morgan fingerprint density at radius 1 is 1.50 bits per heavy atom. The van der Waals surface area contributed by atoms with Crippen LogP contribution in [0.5, 0.6) is 0 Å². The van der Waals surface area contributed by atoms with Gasteiger partial charge in [0.05, 0.1) is 12.1 Å². The van der Waals surface area contributed by atoms with E-state index in [4.69, 9.17) is 9.52 Å². The van der Waals surface area contributed by atoms with Crippen LogP contribution < -0.4 is 5.32 Å². The minimum Gasteiger partial charge on any atom is -0.475 e. The Morgan fingerprint density at radius 2 is 2.20 bits per heavy atom. The first kappa shape index (κ1) is 14.3. The summed E-state index contributed by atoms with van der Waals surface area (Å²) >= 11 is 0. The molecule has 2 unspecified atom stereocenters. The van der Waals surface area contributed by atoms with Crippen molar-refractivity contribution in [2.45, 2.75) is 31.8 Å². The van der Waals surface area contributed by atoms with Crippen LogP contribution in [0.15, 0.2) is 16.5 Å². The molecule has 1 aliphatic rings. The molecule has 0 radical (unpaired) electrons. The van der Waals surface area contributed by atoms with E-state index in [0.717, 1.165) is 4.90 Å². The summed E-state index contributed by atoms with van der Waals surface area (Å²) in [6.07, 6.45) is 0.740. The van der Waals surface area contributed by atoms with Crippen molar-refractivity contribution < 1.29 is 23.9 Å². The second-order valence-electron chi connectivity index (χ2n) is 4.78. The van der Waals surface area contributed by atoms with Gasteiger partial charge in [-0.1, -0.05) is 0 Å². The number of hydrogen-bond acceptors (Lipinski definition) is 5. The van der Waals surface area contributed by atoms with Crippen LogP contribution in [0.2, 0.25) is 0 Å². The third kappa shape index (κ3) is 2.72. The largest absolute Gasteiger partial charge is 0.475 e. The molecule has 1 aromatic heterocycles. The number of carboxylic acids is 1. The normalized spacial score (nSPS) is 21.1. The molecule has 0 bridgehead atoms. The number of carboxylic acid groups (broad SMARTS) is 1.